The fourth-order valence-corrected chi connectivity index (χ4v) is 6.51. The van der Waals surface area contributed by atoms with Gasteiger partial charge in [-0.2, -0.15) is 0 Å². The van der Waals surface area contributed by atoms with E-state index >= 15 is 0 Å². The van der Waals surface area contributed by atoms with Crippen LogP contribution in [0.1, 0.15) is 42.0 Å². The Labute approximate surface area is 176 Å². The highest BCUT2D eigenvalue weighted by Crippen LogP contribution is 2.62. The van der Waals surface area contributed by atoms with Gasteiger partial charge in [0.1, 0.15) is 0 Å². The van der Waals surface area contributed by atoms with Crippen molar-refractivity contribution in [3.63, 3.8) is 0 Å². The van der Waals surface area contributed by atoms with E-state index < -0.39 is 0 Å². The van der Waals surface area contributed by atoms with Gasteiger partial charge in [-0.05, 0) is 58.4 Å². The van der Waals surface area contributed by atoms with Gasteiger partial charge in [0.2, 0.25) is 0 Å². The maximum absolute atomic E-state index is 2.51. The third-order valence-corrected chi connectivity index (χ3v) is 7.74. The molecule has 0 saturated heterocycles. The summed E-state index contributed by atoms with van der Waals surface area (Å²) >= 11 is 1.91. The van der Waals surface area contributed by atoms with Crippen molar-refractivity contribution in [2.45, 2.75) is 35.0 Å². The Kier molecular flexibility index (Phi) is 3.76. The van der Waals surface area contributed by atoms with Crippen molar-refractivity contribution >= 4 is 17.3 Å². The second-order valence-corrected chi connectivity index (χ2v) is 9.06. The predicted molar refractivity (Wildman–Crippen MR) is 122 cm³/mol. The van der Waals surface area contributed by atoms with Crippen molar-refractivity contribution in [3.8, 4) is 0 Å². The molecule has 0 amide bonds. The Bertz CT molecular complexity index is 1190. The lowest BCUT2D eigenvalue weighted by atomic mass is 9.66. The fraction of sp³-hybridized carbons (Fsp3) is 0.143. The molecule has 0 nitrogen and oxygen atoms in total. The highest BCUT2D eigenvalue weighted by Gasteiger charge is 2.50. The van der Waals surface area contributed by atoms with E-state index in [-0.39, 0.29) is 5.41 Å². The molecule has 1 heterocycles. The van der Waals surface area contributed by atoms with Gasteiger partial charge in [0.05, 0.1) is 5.41 Å². The number of fused-ring (bicyclic) bond motifs is 8. The molecule has 1 spiro atoms. The molecule has 0 unspecified atom stereocenters. The maximum Gasteiger partial charge on any atom is 0.0735 e. The first kappa shape index (κ1) is 17.1. The van der Waals surface area contributed by atoms with E-state index in [9.17, 15) is 0 Å². The molecule has 3 aliphatic rings. The molecule has 0 aromatic heterocycles. The van der Waals surface area contributed by atoms with Crippen LogP contribution in [-0.4, -0.2) is 0 Å². The maximum atomic E-state index is 2.51. The van der Waals surface area contributed by atoms with Crippen LogP contribution in [0.25, 0.3) is 5.57 Å². The molecule has 3 aromatic carbocycles. The zero-order valence-electron chi connectivity index (χ0n) is 16.5. The van der Waals surface area contributed by atoms with Crippen LogP contribution >= 0.6 is 11.8 Å². The summed E-state index contributed by atoms with van der Waals surface area (Å²) in [5.74, 6) is 0. The zero-order chi connectivity index (χ0) is 19.4. The SMILES string of the molecule is CCC1=CC2=C(C=CC1)c1ccccc1C21c2ccccc2Sc2ccccc21. The van der Waals surface area contributed by atoms with Crippen LogP contribution in [0.3, 0.4) is 0 Å². The molecular weight excluding hydrogens is 368 g/mol. The van der Waals surface area contributed by atoms with Gasteiger partial charge in [-0.25, -0.2) is 0 Å². The number of hydrogen-bond donors (Lipinski definition) is 0. The summed E-state index contributed by atoms with van der Waals surface area (Å²) in [5.41, 5.74) is 9.75. The van der Waals surface area contributed by atoms with Gasteiger partial charge in [-0.15, -0.1) is 0 Å². The Morgan fingerprint density at radius 1 is 0.793 bits per heavy atom. The van der Waals surface area contributed by atoms with Crippen molar-refractivity contribution in [1.29, 1.82) is 0 Å². The normalized spacial score (nSPS) is 17.9. The molecule has 140 valence electrons. The molecule has 0 radical (unpaired) electrons. The molecule has 0 fully saturated rings. The molecule has 1 heteroatoms. The number of benzene rings is 3. The average molecular weight is 391 g/mol. The lowest BCUT2D eigenvalue weighted by Crippen LogP contribution is -2.32. The molecule has 0 atom stereocenters. The van der Waals surface area contributed by atoms with Gasteiger partial charge in [0, 0.05) is 9.79 Å². The van der Waals surface area contributed by atoms with Crippen LogP contribution in [0, 0.1) is 0 Å². The number of allylic oxidation sites excluding steroid dienone is 6. The third-order valence-electron chi connectivity index (χ3n) is 6.58. The number of rotatable bonds is 1. The topological polar surface area (TPSA) is 0 Å². The van der Waals surface area contributed by atoms with Gasteiger partial charge in [-0.3, -0.25) is 0 Å². The monoisotopic (exact) mass is 390 g/mol. The minimum atomic E-state index is -0.237. The van der Waals surface area contributed by atoms with Crippen LogP contribution in [0.5, 0.6) is 0 Å². The smallest absolute Gasteiger partial charge is 0.0735 e. The summed E-state index contributed by atoms with van der Waals surface area (Å²) in [6, 6.07) is 27.1. The summed E-state index contributed by atoms with van der Waals surface area (Å²) in [6.07, 6.45) is 9.36. The van der Waals surface area contributed by atoms with E-state index in [0.717, 1.165) is 12.8 Å². The van der Waals surface area contributed by atoms with Gasteiger partial charge < -0.3 is 0 Å². The summed E-state index contributed by atoms with van der Waals surface area (Å²) in [7, 11) is 0. The third kappa shape index (κ3) is 2.22. The first-order valence-electron chi connectivity index (χ1n) is 10.4. The van der Waals surface area contributed by atoms with Gasteiger partial charge in [0.15, 0.2) is 0 Å². The molecule has 3 aromatic rings. The number of hydrogen-bond acceptors (Lipinski definition) is 1. The first-order chi connectivity index (χ1) is 14.3. The Hall–Kier alpha value is -2.77. The van der Waals surface area contributed by atoms with Crippen LogP contribution in [0.2, 0.25) is 0 Å². The van der Waals surface area contributed by atoms with Crippen molar-refractivity contribution in [2.75, 3.05) is 0 Å². The molecule has 1 aliphatic heterocycles. The minimum absolute atomic E-state index is 0.237. The van der Waals surface area contributed by atoms with Crippen LogP contribution in [0.4, 0.5) is 0 Å². The van der Waals surface area contributed by atoms with Crippen molar-refractivity contribution in [3.05, 3.63) is 124 Å². The van der Waals surface area contributed by atoms with E-state index in [1.54, 1.807) is 0 Å². The largest absolute Gasteiger partial charge is 0.0894 e. The minimum Gasteiger partial charge on any atom is -0.0894 e. The van der Waals surface area contributed by atoms with E-state index in [1.165, 1.54) is 48.8 Å². The first-order valence-corrected chi connectivity index (χ1v) is 11.2. The quantitative estimate of drug-likeness (QED) is 0.413. The molecular formula is C28H22S. The molecule has 29 heavy (non-hydrogen) atoms. The van der Waals surface area contributed by atoms with Gasteiger partial charge in [-0.1, -0.05) is 103 Å². The van der Waals surface area contributed by atoms with E-state index in [1.807, 2.05) is 11.8 Å². The highest BCUT2D eigenvalue weighted by atomic mass is 32.2. The van der Waals surface area contributed by atoms with Crippen LogP contribution in [0.15, 0.2) is 112 Å². The predicted octanol–water partition coefficient (Wildman–Crippen LogP) is 7.55. The summed E-state index contributed by atoms with van der Waals surface area (Å²) < 4.78 is 0. The lowest BCUT2D eigenvalue weighted by Gasteiger charge is -2.40. The molecule has 0 bridgehead atoms. The lowest BCUT2D eigenvalue weighted by molar-refractivity contribution is 0.714. The Balaban J connectivity index is 1.82. The Morgan fingerprint density at radius 2 is 1.41 bits per heavy atom. The second kappa shape index (κ2) is 6.37. The molecule has 2 aliphatic carbocycles. The van der Waals surface area contributed by atoms with Gasteiger partial charge >= 0.3 is 0 Å². The molecule has 0 saturated carbocycles. The Morgan fingerprint density at radius 3 is 2.10 bits per heavy atom. The van der Waals surface area contributed by atoms with Crippen LogP contribution in [-0.2, 0) is 5.41 Å². The van der Waals surface area contributed by atoms with Gasteiger partial charge in [0.25, 0.3) is 0 Å². The summed E-state index contributed by atoms with van der Waals surface area (Å²) in [4.78, 5) is 2.74. The van der Waals surface area contributed by atoms with Crippen molar-refractivity contribution in [2.24, 2.45) is 0 Å². The standard InChI is InChI=1S/C28H22S/c1-2-19-10-9-12-21-20-11-3-4-13-22(20)28(25(21)18-19)23-14-5-7-16-26(23)29-27-17-8-6-15-24(27)28/h3-9,11-18H,2,10H2,1H3. The fourth-order valence-electron chi connectivity index (χ4n) is 5.32. The van der Waals surface area contributed by atoms with Crippen LogP contribution < -0.4 is 0 Å². The highest BCUT2D eigenvalue weighted by molar-refractivity contribution is 7.99. The van der Waals surface area contributed by atoms with E-state index in [0.29, 0.717) is 0 Å². The van der Waals surface area contributed by atoms with E-state index in [4.69, 9.17) is 0 Å². The molecule has 0 N–H and O–H groups in total. The average Bonchev–Trinajstić information content (AvgIpc) is 2.90. The van der Waals surface area contributed by atoms with Crippen molar-refractivity contribution < 1.29 is 0 Å². The molecule has 6 rings (SSSR count). The van der Waals surface area contributed by atoms with Crippen molar-refractivity contribution in [1.82, 2.24) is 0 Å². The summed E-state index contributed by atoms with van der Waals surface area (Å²) in [6.45, 7) is 2.28. The zero-order valence-corrected chi connectivity index (χ0v) is 17.3. The summed E-state index contributed by atoms with van der Waals surface area (Å²) in [5, 5.41) is 0. The van der Waals surface area contributed by atoms with E-state index in [2.05, 4.69) is 97.9 Å². The second-order valence-electron chi connectivity index (χ2n) is 7.98.